The molecule has 1 aliphatic carbocycles. The normalized spacial score (nSPS) is 17.3. The molecular formula is C16H16FNO2S. The summed E-state index contributed by atoms with van der Waals surface area (Å²) in [6.45, 7) is 2.19. The van der Waals surface area contributed by atoms with Crippen molar-refractivity contribution in [3.63, 3.8) is 0 Å². The average Bonchev–Trinajstić information content (AvgIpc) is 2.91. The maximum absolute atomic E-state index is 13.3. The van der Waals surface area contributed by atoms with Gasteiger partial charge in [0.2, 0.25) is 0 Å². The lowest BCUT2D eigenvalue weighted by Gasteiger charge is -2.19. The van der Waals surface area contributed by atoms with Crippen LogP contribution < -0.4 is 0 Å². The van der Waals surface area contributed by atoms with E-state index in [2.05, 4.69) is 4.98 Å². The molecule has 21 heavy (non-hydrogen) atoms. The van der Waals surface area contributed by atoms with E-state index in [-0.39, 0.29) is 17.7 Å². The Morgan fingerprint density at radius 2 is 2.38 bits per heavy atom. The molecule has 110 valence electrons. The Kier molecular flexibility index (Phi) is 4.01. The second kappa shape index (κ2) is 5.93. The topological polar surface area (TPSA) is 39.2 Å². The molecule has 0 bridgehead atoms. The van der Waals surface area contributed by atoms with E-state index < -0.39 is 0 Å². The fraction of sp³-hybridized carbons (Fsp3) is 0.375. The first kappa shape index (κ1) is 14.2. The van der Waals surface area contributed by atoms with Crippen LogP contribution in [0.25, 0.3) is 10.6 Å². The Bertz CT molecular complexity index is 668. The number of carbonyl (C=O) groups is 1. The largest absolute Gasteiger partial charge is 0.465 e. The van der Waals surface area contributed by atoms with Crippen LogP contribution in [0.1, 0.15) is 36.3 Å². The second-order valence-electron chi connectivity index (χ2n) is 5.03. The number of ether oxygens (including phenoxy) is 1. The van der Waals surface area contributed by atoms with Gasteiger partial charge in [0.25, 0.3) is 0 Å². The highest BCUT2D eigenvalue weighted by Gasteiger charge is 2.31. The number of carbonyl (C=O) groups excluding carboxylic acids is 1. The molecule has 0 radical (unpaired) electrons. The van der Waals surface area contributed by atoms with E-state index >= 15 is 0 Å². The third-order valence-electron chi connectivity index (χ3n) is 3.60. The number of esters is 1. The third-order valence-corrected chi connectivity index (χ3v) is 4.78. The van der Waals surface area contributed by atoms with Gasteiger partial charge < -0.3 is 4.74 Å². The lowest BCUT2D eigenvalue weighted by Crippen LogP contribution is -2.20. The standard InChI is InChI=1S/C16H16FNO2S/c1-2-20-16(19)12-7-4-8-13-14(12)18-15(21-13)10-5-3-6-11(17)9-10/h3,5-6,9,12H,2,4,7-8H2,1H3/t12-/m1/s1. The summed E-state index contributed by atoms with van der Waals surface area (Å²) in [4.78, 5) is 17.8. The highest BCUT2D eigenvalue weighted by molar-refractivity contribution is 7.15. The van der Waals surface area contributed by atoms with Crippen molar-refractivity contribution in [2.75, 3.05) is 6.61 Å². The molecule has 1 aliphatic rings. The van der Waals surface area contributed by atoms with E-state index in [1.165, 1.54) is 12.1 Å². The number of hydrogen-bond donors (Lipinski definition) is 0. The molecule has 3 nitrogen and oxygen atoms in total. The summed E-state index contributed by atoms with van der Waals surface area (Å²) < 4.78 is 18.5. The molecule has 0 fully saturated rings. The van der Waals surface area contributed by atoms with Gasteiger partial charge in [0.05, 0.1) is 12.3 Å². The number of aryl methyl sites for hydroxylation is 1. The Balaban J connectivity index is 1.96. The highest BCUT2D eigenvalue weighted by atomic mass is 32.1. The number of hydrogen-bond acceptors (Lipinski definition) is 4. The number of halogens is 1. The number of fused-ring (bicyclic) bond motifs is 1. The number of aromatic nitrogens is 1. The molecule has 1 aromatic heterocycles. The fourth-order valence-electron chi connectivity index (χ4n) is 2.64. The Morgan fingerprint density at radius 1 is 1.52 bits per heavy atom. The van der Waals surface area contributed by atoms with E-state index in [0.717, 1.165) is 40.4 Å². The minimum Gasteiger partial charge on any atom is -0.465 e. The minimum absolute atomic E-state index is 0.199. The fourth-order valence-corrected chi connectivity index (χ4v) is 3.80. The summed E-state index contributed by atoms with van der Waals surface area (Å²) in [6, 6.07) is 6.41. The molecule has 0 amide bonds. The highest BCUT2D eigenvalue weighted by Crippen LogP contribution is 2.38. The Hall–Kier alpha value is -1.75. The zero-order valence-corrected chi connectivity index (χ0v) is 12.6. The van der Waals surface area contributed by atoms with Crippen molar-refractivity contribution < 1.29 is 13.9 Å². The number of benzene rings is 1. The molecule has 1 aromatic carbocycles. The first-order valence-electron chi connectivity index (χ1n) is 7.11. The van der Waals surface area contributed by atoms with Crippen molar-refractivity contribution in [1.82, 2.24) is 4.98 Å². The lowest BCUT2D eigenvalue weighted by atomic mass is 9.91. The van der Waals surface area contributed by atoms with Crippen LogP contribution in [0.3, 0.4) is 0 Å². The van der Waals surface area contributed by atoms with Crippen molar-refractivity contribution in [2.24, 2.45) is 0 Å². The Morgan fingerprint density at radius 3 is 3.14 bits per heavy atom. The van der Waals surface area contributed by atoms with Crippen molar-refractivity contribution in [3.05, 3.63) is 40.7 Å². The van der Waals surface area contributed by atoms with Crippen molar-refractivity contribution in [3.8, 4) is 10.6 Å². The van der Waals surface area contributed by atoms with E-state index in [0.29, 0.717) is 6.61 Å². The molecule has 0 unspecified atom stereocenters. The SMILES string of the molecule is CCOC(=O)[C@@H]1CCCc2sc(-c3cccc(F)c3)nc21. The number of thiazole rings is 1. The van der Waals surface area contributed by atoms with Crippen LogP contribution in [-0.2, 0) is 16.0 Å². The number of rotatable bonds is 3. The van der Waals surface area contributed by atoms with Gasteiger partial charge in [-0.1, -0.05) is 12.1 Å². The molecule has 2 aromatic rings. The second-order valence-corrected chi connectivity index (χ2v) is 6.12. The van der Waals surface area contributed by atoms with Crippen molar-refractivity contribution >= 4 is 17.3 Å². The van der Waals surface area contributed by atoms with Crippen LogP contribution >= 0.6 is 11.3 Å². The summed E-state index contributed by atoms with van der Waals surface area (Å²) in [5.74, 6) is -0.746. The van der Waals surface area contributed by atoms with Crippen LogP contribution in [0.5, 0.6) is 0 Å². The van der Waals surface area contributed by atoms with Crippen molar-refractivity contribution in [1.29, 1.82) is 0 Å². The molecule has 0 N–H and O–H groups in total. The monoisotopic (exact) mass is 305 g/mol. The first-order chi connectivity index (χ1) is 10.2. The van der Waals surface area contributed by atoms with Crippen LogP contribution in [-0.4, -0.2) is 17.6 Å². The zero-order chi connectivity index (χ0) is 14.8. The molecule has 0 saturated heterocycles. The zero-order valence-electron chi connectivity index (χ0n) is 11.8. The predicted molar refractivity (Wildman–Crippen MR) is 79.8 cm³/mol. The van der Waals surface area contributed by atoms with Crippen LogP contribution in [0.4, 0.5) is 4.39 Å². The van der Waals surface area contributed by atoms with Gasteiger partial charge in [-0.3, -0.25) is 4.79 Å². The maximum Gasteiger partial charge on any atom is 0.315 e. The van der Waals surface area contributed by atoms with Gasteiger partial charge in [-0.25, -0.2) is 9.37 Å². The molecule has 0 saturated carbocycles. The molecular weight excluding hydrogens is 289 g/mol. The summed E-state index contributed by atoms with van der Waals surface area (Å²) in [5.41, 5.74) is 1.58. The lowest BCUT2D eigenvalue weighted by molar-refractivity contribution is -0.145. The summed E-state index contributed by atoms with van der Waals surface area (Å²) in [7, 11) is 0. The van der Waals surface area contributed by atoms with E-state index in [1.807, 2.05) is 6.07 Å². The van der Waals surface area contributed by atoms with E-state index in [1.54, 1.807) is 24.3 Å². The summed E-state index contributed by atoms with van der Waals surface area (Å²) in [5, 5.41) is 0.774. The molecule has 0 aliphatic heterocycles. The van der Waals surface area contributed by atoms with Gasteiger partial charge in [-0.2, -0.15) is 0 Å². The van der Waals surface area contributed by atoms with Gasteiger partial charge in [0.15, 0.2) is 0 Å². The van der Waals surface area contributed by atoms with Gasteiger partial charge >= 0.3 is 5.97 Å². The first-order valence-corrected chi connectivity index (χ1v) is 7.93. The average molecular weight is 305 g/mol. The molecule has 3 rings (SSSR count). The van der Waals surface area contributed by atoms with Gasteiger partial charge in [-0.05, 0) is 38.3 Å². The summed E-state index contributed by atoms with van der Waals surface area (Å²) in [6.07, 6.45) is 2.66. The maximum atomic E-state index is 13.3. The predicted octanol–water partition coefficient (Wildman–Crippen LogP) is 3.93. The Labute approximate surface area is 126 Å². The van der Waals surface area contributed by atoms with Gasteiger partial charge in [0, 0.05) is 10.4 Å². The third kappa shape index (κ3) is 2.83. The van der Waals surface area contributed by atoms with E-state index in [4.69, 9.17) is 4.74 Å². The number of nitrogens with zero attached hydrogens (tertiary/aromatic N) is 1. The quantitative estimate of drug-likeness (QED) is 0.807. The van der Waals surface area contributed by atoms with E-state index in [9.17, 15) is 9.18 Å². The molecule has 0 spiro atoms. The minimum atomic E-state index is -0.275. The smallest absolute Gasteiger partial charge is 0.315 e. The molecule has 5 heteroatoms. The van der Waals surface area contributed by atoms with Crippen LogP contribution in [0, 0.1) is 5.82 Å². The van der Waals surface area contributed by atoms with Crippen molar-refractivity contribution in [2.45, 2.75) is 32.1 Å². The molecule has 1 atom stereocenters. The van der Waals surface area contributed by atoms with Gasteiger partial charge in [-0.15, -0.1) is 11.3 Å². The summed E-state index contributed by atoms with van der Waals surface area (Å²) >= 11 is 1.55. The molecule has 1 heterocycles. The van der Waals surface area contributed by atoms with Crippen LogP contribution in [0.15, 0.2) is 24.3 Å². The van der Waals surface area contributed by atoms with Gasteiger partial charge in [0.1, 0.15) is 16.7 Å². The van der Waals surface area contributed by atoms with Crippen LogP contribution in [0.2, 0.25) is 0 Å².